The number of nitrogens with one attached hydrogen (secondary N) is 1. The number of amides is 1. The molecule has 1 amide bonds. The fraction of sp³-hybridized carbons (Fsp3) is 0.727. The van der Waals surface area contributed by atoms with E-state index in [2.05, 4.69) is 15.6 Å². The van der Waals surface area contributed by atoms with E-state index < -0.39 is 0 Å². The summed E-state index contributed by atoms with van der Waals surface area (Å²) in [6, 6.07) is 0.393. The molecule has 18 heavy (non-hydrogen) atoms. The van der Waals surface area contributed by atoms with Gasteiger partial charge in [0.2, 0.25) is 0 Å². The largest absolute Gasteiger partial charge is 0.336 e. The van der Waals surface area contributed by atoms with Crippen LogP contribution in [-0.2, 0) is 7.05 Å². The van der Waals surface area contributed by atoms with E-state index in [1.165, 1.54) is 0 Å². The Morgan fingerprint density at radius 1 is 1.50 bits per heavy atom. The first-order chi connectivity index (χ1) is 8.13. The number of carbonyl (C=O) groups is 1. The molecule has 1 aliphatic rings. The maximum absolute atomic E-state index is 12.3. The van der Waals surface area contributed by atoms with Crippen molar-refractivity contribution in [1.82, 2.24) is 25.2 Å². The van der Waals surface area contributed by atoms with Crippen LogP contribution in [0.3, 0.4) is 0 Å². The minimum atomic E-state index is -0.00412. The second-order valence-electron chi connectivity index (χ2n) is 4.53. The zero-order chi connectivity index (χ0) is 12.4. The molecule has 0 spiro atoms. The fourth-order valence-electron chi connectivity index (χ4n) is 2.15. The van der Waals surface area contributed by atoms with E-state index in [1.54, 1.807) is 11.7 Å². The molecule has 1 unspecified atom stereocenters. The normalized spacial score (nSPS) is 19.5. The van der Waals surface area contributed by atoms with Crippen LogP contribution in [0.4, 0.5) is 0 Å². The minimum Gasteiger partial charge on any atom is -0.336 e. The van der Waals surface area contributed by atoms with Gasteiger partial charge in [0.1, 0.15) is 0 Å². The predicted molar refractivity (Wildman–Crippen MR) is 71.0 cm³/mol. The quantitative estimate of drug-likeness (QED) is 0.846. The zero-order valence-corrected chi connectivity index (χ0v) is 11.8. The molecule has 0 saturated carbocycles. The van der Waals surface area contributed by atoms with E-state index >= 15 is 0 Å². The number of aromatic nitrogens is 3. The Labute approximate surface area is 113 Å². The number of likely N-dealkylation sites (N-methyl/N-ethyl adjacent to an activating group) is 1. The SMILES string of the molecule is CNC1CCCN(C(=O)c2nnn(C)c2C)C1.Cl. The van der Waals surface area contributed by atoms with Crippen LogP contribution in [0, 0.1) is 6.92 Å². The lowest BCUT2D eigenvalue weighted by molar-refractivity contribution is 0.0691. The minimum absolute atomic E-state index is 0. The number of rotatable bonds is 2. The van der Waals surface area contributed by atoms with Crippen LogP contribution in [0.2, 0.25) is 0 Å². The molecular formula is C11H20ClN5O. The molecule has 0 aromatic carbocycles. The molecule has 1 aromatic heterocycles. The Morgan fingerprint density at radius 3 is 2.78 bits per heavy atom. The van der Waals surface area contributed by atoms with Crippen LogP contribution in [0.15, 0.2) is 0 Å². The molecule has 6 nitrogen and oxygen atoms in total. The highest BCUT2D eigenvalue weighted by Crippen LogP contribution is 2.14. The number of nitrogens with zero attached hydrogens (tertiary/aromatic N) is 4. The Morgan fingerprint density at radius 2 is 2.22 bits per heavy atom. The molecule has 0 aliphatic carbocycles. The molecular weight excluding hydrogens is 254 g/mol. The van der Waals surface area contributed by atoms with Gasteiger partial charge in [-0.25, -0.2) is 0 Å². The first-order valence-electron chi connectivity index (χ1n) is 5.96. The van der Waals surface area contributed by atoms with Crippen molar-refractivity contribution in [1.29, 1.82) is 0 Å². The summed E-state index contributed by atoms with van der Waals surface area (Å²) in [6.45, 7) is 3.44. The fourth-order valence-corrected chi connectivity index (χ4v) is 2.15. The Hall–Kier alpha value is -1.14. The van der Waals surface area contributed by atoms with Crippen molar-refractivity contribution in [3.63, 3.8) is 0 Å². The third kappa shape index (κ3) is 2.81. The zero-order valence-electron chi connectivity index (χ0n) is 11.0. The number of likely N-dealkylation sites (tertiary alicyclic amines) is 1. The van der Waals surface area contributed by atoms with Crippen molar-refractivity contribution < 1.29 is 4.79 Å². The number of hydrogen-bond acceptors (Lipinski definition) is 4. The van der Waals surface area contributed by atoms with Gasteiger partial charge in [0.15, 0.2) is 5.69 Å². The molecule has 1 atom stereocenters. The van der Waals surface area contributed by atoms with Crippen LogP contribution >= 0.6 is 12.4 Å². The van der Waals surface area contributed by atoms with Crippen LogP contribution < -0.4 is 5.32 Å². The molecule has 1 N–H and O–H groups in total. The summed E-state index contributed by atoms with van der Waals surface area (Å²) in [5, 5.41) is 11.0. The van der Waals surface area contributed by atoms with Crippen molar-refractivity contribution in [3.8, 4) is 0 Å². The maximum Gasteiger partial charge on any atom is 0.276 e. The topological polar surface area (TPSA) is 63.1 Å². The van der Waals surface area contributed by atoms with E-state index in [1.807, 2.05) is 18.9 Å². The van der Waals surface area contributed by atoms with E-state index in [0.29, 0.717) is 11.7 Å². The summed E-state index contributed by atoms with van der Waals surface area (Å²) in [6.07, 6.45) is 2.16. The van der Waals surface area contributed by atoms with E-state index in [9.17, 15) is 4.79 Å². The van der Waals surface area contributed by atoms with Crippen LogP contribution in [0.25, 0.3) is 0 Å². The van der Waals surface area contributed by atoms with Gasteiger partial charge in [0.25, 0.3) is 5.91 Å². The van der Waals surface area contributed by atoms with Gasteiger partial charge in [-0.1, -0.05) is 5.21 Å². The lowest BCUT2D eigenvalue weighted by Crippen LogP contribution is -2.47. The van der Waals surface area contributed by atoms with Gasteiger partial charge in [0.05, 0.1) is 5.69 Å². The first kappa shape index (κ1) is 14.9. The average molecular weight is 274 g/mol. The summed E-state index contributed by atoms with van der Waals surface area (Å²) in [7, 11) is 3.73. The maximum atomic E-state index is 12.3. The lowest BCUT2D eigenvalue weighted by Gasteiger charge is -2.32. The highest BCUT2D eigenvalue weighted by atomic mass is 35.5. The Bertz CT molecular complexity index is 420. The molecule has 2 rings (SSSR count). The Balaban J connectivity index is 0.00000162. The first-order valence-corrected chi connectivity index (χ1v) is 5.96. The predicted octanol–water partition coefficient (Wildman–Crippen LogP) is 0.369. The lowest BCUT2D eigenvalue weighted by atomic mass is 10.1. The van der Waals surface area contributed by atoms with E-state index in [0.717, 1.165) is 31.6 Å². The van der Waals surface area contributed by atoms with Crippen molar-refractivity contribution >= 4 is 18.3 Å². The van der Waals surface area contributed by atoms with E-state index in [-0.39, 0.29) is 18.3 Å². The molecule has 0 radical (unpaired) electrons. The summed E-state index contributed by atoms with van der Waals surface area (Å²) in [5.41, 5.74) is 1.30. The monoisotopic (exact) mass is 273 g/mol. The smallest absolute Gasteiger partial charge is 0.276 e. The molecule has 1 aromatic rings. The third-order valence-corrected chi connectivity index (χ3v) is 3.43. The van der Waals surface area contributed by atoms with Crippen LogP contribution in [0.1, 0.15) is 29.0 Å². The molecule has 7 heteroatoms. The standard InChI is InChI=1S/C11H19N5O.ClH/c1-8-10(13-14-15(8)3)11(17)16-6-4-5-9(7-16)12-2;/h9,12H,4-7H2,1-3H3;1H. The third-order valence-electron chi connectivity index (χ3n) is 3.43. The van der Waals surface area contributed by atoms with Gasteiger partial charge >= 0.3 is 0 Å². The van der Waals surface area contributed by atoms with Crippen molar-refractivity contribution in [2.24, 2.45) is 7.05 Å². The van der Waals surface area contributed by atoms with Crippen molar-refractivity contribution in [2.45, 2.75) is 25.8 Å². The summed E-state index contributed by atoms with van der Waals surface area (Å²) < 4.78 is 1.63. The number of piperidine rings is 1. The molecule has 102 valence electrons. The summed E-state index contributed by atoms with van der Waals surface area (Å²) in [4.78, 5) is 14.1. The van der Waals surface area contributed by atoms with Crippen LogP contribution in [0.5, 0.6) is 0 Å². The number of aryl methyl sites for hydroxylation is 1. The van der Waals surface area contributed by atoms with Gasteiger partial charge in [-0.3, -0.25) is 9.48 Å². The van der Waals surface area contributed by atoms with Crippen LogP contribution in [-0.4, -0.2) is 52.0 Å². The van der Waals surface area contributed by atoms with E-state index in [4.69, 9.17) is 0 Å². The number of carbonyl (C=O) groups excluding carboxylic acids is 1. The average Bonchev–Trinajstić information content (AvgIpc) is 2.69. The highest BCUT2D eigenvalue weighted by Gasteiger charge is 2.26. The molecule has 1 aliphatic heterocycles. The van der Waals surface area contributed by atoms with Gasteiger partial charge in [-0.05, 0) is 26.8 Å². The van der Waals surface area contributed by atoms with Crippen molar-refractivity contribution in [2.75, 3.05) is 20.1 Å². The molecule has 0 bridgehead atoms. The molecule has 1 saturated heterocycles. The number of halogens is 1. The van der Waals surface area contributed by atoms with Gasteiger partial charge in [0, 0.05) is 26.2 Å². The molecule has 1 fully saturated rings. The van der Waals surface area contributed by atoms with Gasteiger partial charge in [-0.2, -0.15) is 0 Å². The van der Waals surface area contributed by atoms with Gasteiger partial charge in [-0.15, -0.1) is 17.5 Å². The second-order valence-corrected chi connectivity index (χ2v) is 4.53. The second kappa shape index (κ2) is 6.15. The molecule has 2 heterocycles. The van der Waals surface area contributed by atoms with Gasteiger partial charge < -0.3 is 10.2 Å². The highest BCUT2D eigenvalue weighted by molar-refractivity contribution is 5.93. The Kier molecular flexibility index (Phi) is 5.10. The summed E-state index contributed by atoms with van der Waals surface area (Å²) >= 11 is 0. The summed E-state index contributed by atoms with van der Waals surface area (Å²) in [5.74, 6) is -0.00412. The van der Waals surface area contributed by atoms with Crippen molar-refractivity contribution in [3.05, 3.63) is 11.4 Å². The number of hydrogen-bond donors (Lipinski definition) is 1.